The average molecular weight is 239 g/mol. The molecular formula is C11H11BrO. The molecule has 1 aromatic rings. The third kappa shape index (κ3) is 2.78. The second kappa shape index (κ2) is 4.94. The first kappa shape index (κ1) is 10.1. The van der Waals surface area contributed by atoms with Crippen LogP contribution in [0.15, 0.2) is 18.2 Å². The third-order valence-electron chi connectivity index (χ3n) is 1.65. The average Bonchev–Trinajstić information content (AvgIpc) is 2.16. The first-order chi connectivity index (χ1) is 6.27. The zero-order chi connectivity index (χ0) is 9.68. The minimum Gasteiger partial charge on any atom is -0.495 e. The van der Waals surface area contributed by atoms with E-state index < -0.39 is 0 Å². The lowest BCUT2D eigenvalue weighted by molar-refractivity contribution is 0.413. The monoisotopic (exact) mass is 238 g/mol. The minimum absolute atomic E-state index is 0.685. The third-order valence-corrected chi connectivity index (χ3v) is 1.93. The van der Waals surface area contributed by atoms with Crippen molar-refractivity contribution >= 4 is 15.9 Å². The molecule has 1 nitrogen and oxygen atoms in total. The summed E-state index contributed by atoms with van der Waals surface area (Å²) in [4.78, 5) is 0. The van der Waals surface area contributed by atoms with Crippen LogP contribution in [0, 0.1) is 18.8 Å². The lowest BCUT2D eigenvalue weighted by Crippen LogP contribution is -1.88. The minimum atomic E-state index is 0.685. The van der Waals surface area contributed by atoms with Gasteiger partial charge in [0.2, 0.25) is 0 Å². The molecule has 2 heteroatoms. The smallest absolute Gasteiger partial charge is 0.134 e. The second-order valence-electron chi connectivity index (χ2n) is 2.64. The molecule has 1 rings (SSSR count). The highest BCUT2D eigenvalue weighted by Gasteiger charge is 1.98. The first-order valence-electron chi connectivity index (χ1n) is 3.97. The Bertz CT molecular complexity index is 347. The zero-order valence-corrected chi connectivity index (χ0v) is 9.31. The maximum atomic E-state index is 5.21. The van der Waals surface area contributed by atoms with Gasteiger partial charge in [-0.2, -0.15) is 0 Å². The molecule has 0 aromatic heterocycles. The molecule has 0 aliphatic heterocycles. The Morgan fingerprint density at radius 2 is 2.23 bits per heavy atom. The molecule has 0 aliphatic carbocycles. The van der Waals surface area contributed by atoms with E-state index in [1.54, 1.807) is 7.11 Å². The van der Waals surface area contributed by atoms with E-state index in [0.717, 1.165) is 11.3 Å². The molecule has 0 bridgehead atoms. The number of halogens is 1. The van der Waals surface area contributed by atoms with Gasteiger partial charge < -0.3 is 4.74 Å². The topological polar surface area (TPSA) is 9.23 Å². The highest BCUT2D eigenvalue weighted by molar-refractivity contribution is 9.09. The molecular weight excluding hydrogens is 228 g/mol. The molecule has 0 spiro atoms. The number of rotatable bonds is 1. The van der Waals surface area contributed by atoms with Crippen molar-refractivity contribution in [2.45, 2.75) is 6.92 Å². The van der Waals surface area contributed by atoms with Gasteiger partial charge in [0.25, 0.3) is 0 Å². The van der Waals surface area contributed by atoms with E-state index in [1.165, 1.54) is 5.56 Å². The van der Waals surface area contributed by atoms with Crippen LogP contribution in [0.1, 0.15) is 11.1 Å². The van der Waals surface area contributed by atoms with Gasteiger partial charge in [0.15, 0.2) is 0 Å². The number of alkyl halides is 1. The molecule has 13 heavy (non-hydrogen) atoms. The summed E-state index contributed by atoms with van der Waals surface area (Å²) in [5.74, 6) is 6.81. The van der Waals surface area contributed by atoms with Gasteiger partial charge in [-0.3, -0.25) is 0 Å². The first-order valence-corrected chi connectivity index (χ1v) is 5.09. The van der Waals surface area contributed by atoms with Crippen LogP contribution in [-0.4, -0.2) is 12.4 Å². The molecule has 0 amide bonds. The number of methoxy groups -OCH3 is 1. The molecule has 0 saturated heterocycles. The van der Waals surface area contributed by atoms with Crippen molar-refractivity contribution in [1.29, 1.82) is 0 Å². The SMILES string of the molecule is COc1cc(C)ccc1C#CCBr. The molecule has 0 fully saturated rings. The van der Waals surface area contributed by atoms with Gasteiger partial charge in [0.1, 0.15) is 5.75 Å². The summed E-state index contributed by atoms with van der Waals surface area (Å²) < 4.78 is 5.21. The van der Waals surface area contributed by atoms with E-state index in [4.69, 9.17) is 4.74 Å². The molecule has 0 aliphatic rings. The van der Waals surface area contributed by atoms with Crippen molar-refractivity contribution in [3.05, 3.63) is 29.3 Å². The quantitative estimate of drug-likeness (QED) is 0.540. The lowest BCUT2D eigenvalue weighted by atomic mass is 10.1. The van der Waals surface area contributed by atoms with Crippen LogP contribution >= 0.6 is 15.9 Å². The number of hydrogen-bond acceptors (Lipinski definition) is 1. The van der Waals surface area contributed by atoms with E-state index in [0.29, 0.717) is 5.33 Å². The Balaban J connectivity index is 3.06. The van der Waals surface area contributed by atoms with Crippen LogP contribution < -0.4 is 4.74 Å². The fourth-order valence-corrected chi connectivity index (χ4v) is 1.17. The van der Waals surface area contributed by atoms with Gasteiger partial charge in [0, 0.05) is 0 Å². The Kier molecular flexibility index (Phi) is 3.85. The van der Waals surface area contributed by atoms with E-state index >= 15 is 0 Å². The van der Waals surface area contributed by atoms with Crippen molar-refractivity contribution in [2.24, 2.45) is 0 Å². The lowest BCUT2D eigenvalue weighted by Gasteiger charge is -2.03. The summed E-state index contributed by atoms with van der Waals surface area (Å²) in [5, 5.41) is 0.685. The predicted octanol–water partition coefficient (Wildman–Crippen LogP) is 2.75. The maximum absolute atomic E-state index is 5.21. The van der Waals surface area contributed by atoms with E-state index in [-0.39, 0.29) is 0 Å². The predicted molar refractivity (Wildman–Crippen MR) is 58.4 cm³/mol. The maximum Gasteiger partial charge on any atom is 0.134 e. The number of aryl methyl sites for hydroxylation is 1. The van der Waals surface area contributed by atoms with Gasteiger partial charge in [-0.25, -0.2) is 0 Å². The van der Waals surface area contributed by atoms with Crippen LogP contribution in [0.25, 0.3) is 0 Å². The van der Waals surface area contributed by atoms with E-state index in [2.05, 4.69) is 27.8 Å². The van der Waals surface area contributed by atoms with Crippen molar-refractivity contribution in [3.63, 3.8) is 0 Å². The van der Waals surface area contributed by atoms with Gasteiger partial charge in [0.05, 0.1) is 18.0 Å². The number of hydrogen-bond donors (Lipinski definition) is 0. The summed E-state index contributed by atoms with van der Waals surface area (Å²) >= 11 is 3.25. The molecule has 1 aromatic carbocycles. The number of ether oxygens (including phenoxy) is 1. The van der Waals surface area contributed by atoms with Crippen molar-refractivity contribution in [3.8, 4) is 17.6 Å². The van der Waals surface area contributed by atoms with Crippen molar-refractivity contribution < 1.29 is 4.74 Å². The zero-order valence-electron chi connectivity index (χ0n) is 7.73. The normalized spacial score (nSPS) is 8.85. The summed E-state index contributed by atoms with van der Waals surface area (Å²) in [6.07, 6.45) is 0. The van der Waals surface area contributed by atoms with Gasteiger partial charge in [-0.05, 0) is 24.6 Å². The largest absolute Gasteiger partial charge is 0.495 e. The van der Waals surface area contributed by atoms with Crippen LogP contribution in [0.4, 0.5) is 0 Å². The van der Waals surface area contributed by atoms with Gasteiger partial charge in [-0.1, -0.05) is 33.8 Å². The number of benzene rings is 1. The van der Waals surface area contributed by atoms with Crippen LogP contribution in [0.3, 0.4) is 0 Å². The highest BCUT2D eigenvalue weighted by Crippen LogP contribution is 2.18. The molecule has 68 valence electrons. The van der Waals surface area contributed by atoms with Gasteiger partial charge in [-0.15, -0.1) is 0 Å². The van der Waals surface area contributed by atoms with Crippen LogP contribution in [0.5, 0.6) is 5.75 Å². The van der Waals surface area contributed by atoms with E-state index in [1.807, 2.05) is 25.1 Å². The molecule has 0 unspecified atom stereocenters. The standard InChI is InChI=1S/C11H11BrO/c1-9-5-6-10(4-3-7-12)11(8-9)13-2/h5-6,8H,7H2,1-2H3. The summed E-state index contributed by atoms with van der Waals surface area (Å²) in [6.45, 7) is 2.03. The Morgan fingerprint density at radius 1 is 1.46 bits per heavy atom. The fraction of sp³-hybridized carbons (Fsp3) is 0.273. The Morgan fingerprint density at radius 3 is 2.85 bits per heavy atom. The van der Waals surface area contributed by atoms with Gasteiger partial charge >= 0.3 is 0 Å². The summed E-state index contributed by atoms with van der Waals surface area (Å²) in [5.41, 5.74) is 2.12. The van der Waals surface area contributed by atoms with Crippen LogP contribution in [-0.2, 0) is 0 Å². The molecule has 0 atom stereocenters. The second-order valence-corrected chi connectivity index (χ2v) is 3.20. The molecule has 0 N–H and O–H groups in total. The van der Waals surface area contributed by atoms with Crippen LogP contribution in [0.2, 0.25) is 0 Å². The van der Waals surface area contributed by atoms with E-state index in [9.17, 15) is 0 Å². The van der Waals surface area contributed by atoms with Crippen molar-refractivity contribution in [1.82, 2.24) is 0 Å². The molecule has 0 heterocycles. The van der Waals surface area contributed by atoms with Crippen molar-refractivity contribution in [2.75, 3.05) is 12.4 Å². The molecule has 0 radical (unpaired) electrons. The summed E-state index contributed by atoms with van der Waals surface area (Å²) in [7, 11) is 1.66. The Labute approximate surface area is 87.2 Å². The highest BCUT2D eigenvalue weighted by atomic mass is 79.9. The Hall–Kier alpha value is -0.940. The summed E-state index contributed by atoms with van der Waals surface area (Å²) in [6, 6.07) is 5.99. The fourth-order valence-electron chi connectivity index (χ4n) is 1.03. The molecule has 0 saturated carbocycles.